The van der Waals surface area contributed by atoms with Crippen molar-refractivity contribution >= 4 is 5.97 Å². The van der Waals surface area contributed by atoms with Crippen molar-refractivity contribution in [2.24, 2.45) is 0 Å². The number of esters is 1. The first-order valence-electron chi connectivity index (χ1n) is 5.09. The standard InChI is InChI=1S/C13H18O2/c1-9-6-11(13(3,4)5)8-12(7-9)15-10(2)14/h6-8H,1-5H3. The summed E-state index contributed by atoms with van der Waals surface area (Å²) in [7, 11) is 0. The van der Waals surface area contributed by atoms with Gasteiger partial charge in [0.15, 0.2) is 0 Å². The van der Waals surface area contributed by atoms with Crippen LogP contribution in [0.1, 0.15) is 38.8 Å². The van der Waals surface area contributed by atoms with E-state index in [9.17, 15) is 4.79 Å². The van der Waals surface area contributed by atoms with Crippen molar-refractivity contribution in [3.8, 4) is 5.75 Å². The summed E-state index contributed by atoms with van der Waals surface area (Å²) in [5, 5.41) is 0. The summed E-state index contributed by atoms with van der Waals surface area (Å²) in [6.45, 7) is 9.83. The van der Waals surface area contributed by atoms with Gasteiger partial charge in [0.2, 0.25) is 0 Å². The van der Waals surface area contributed by atoms with Crippen LogP contribution in [0.4, 0.5) is 0 Å². The van der Waals surface area contributed by atoms with Crippen LogP contribution in [-0.4, -0.2) is 5.97 Å². The molecule has 15 heavy (non-hydrogen) atoms. The largest absolute Gasteiger partial charge is 0.427 e. The molecule has 0 amide bonds. The smallest absolute Gasteiger partial charge is 0.308 e. The number of benzene rings is 1. The highest BCUT2D eigenvalue weighted by Gasteiger charge is 2.15. The molecule has 0 aliphatic rings. The lowest BCUT2D eigenvalue weighted by Gasteiger charge is -2.20. The monoisotopic (exact) mass is 206 g/mol. The summed E-state index contributed by atoms with van der Waals surface area (Å²) in [5.41, 5.74) is 2.36. The number of aryl methyl sites for hydroxylation is 1. The summed E-state index contributed by atoms with van der Waals surface area (Å²) in [5.74, 6) is 0.355. The van der Waals surface area contributed by atoms with Crippen LogP contribution in [0.3, 0.4) is 0 Å². The molecule has 1 rings (SSSR count). The van der Waals surface area contributed by atoms with E-state index in [1.807, 2.05) is 19.1 Å². The molecule has 0 unspecified atom stereocenters. The van der Waals surface area contributed by atoms with Crippen LogP contribution in [-0.2, 0) is 10.2 Å². The van der Waals surface area contributed by atoms with Gasteiger partial charge in [-0.1, -0.05) is 26.8 Å². The number of hydrogen-bond donors (Lipinski definition) is 0. The molecule has 1 aromatic rings. The first-order chi connectivity index (χ1) is 6.79. The van der Waals surface area contributed by atoms with E-state index in [0.717, 1.165) is 5.56 Å². The molecule has 0 aliphatic carbocycles. The highest BCUT2D eigenvalue weighted by molar-refractivity contribution is 5.69. The third kappa shape index (κ3) is 3.39. The zero-order valence-corrected chi connectivity index (χ0v) is 10.0. The molecule has 0 saturated carbocycles. The van der Waals surface area contributed by atoms with Gasteiger partial charge >= 0.3 is 5.97 Å². The summed E-state index contributed by atoms with van der Waals surface area (Å²) >= 11 is 0. The van der Waals surface area contributed by atoms with Crippen LogP contribution >= 0.6 is 0 Å². The molecule has 0 bridgehead atoms. The van der Waals surface area contributed by atoms with E-state index in [4.69, 9.17) is 4.74 Å². The molecule has 0 aromatic heterocycles. The van der Waals surface area contributed by atoms with Crippen LogP contribution in [0, 0.1) is 6.92 Å². The molecule has 1 aromatic carbocycles. The van der Waals surface area contributed by atoms with Crippen molar-refractivity contribution in [3.63, 3.8) is 0 Å². The average molecular weight is 206 g/mol. The Morgan fingerprint density at radius 3 is 2.27 bits per heavy atom. The molecular weight excluding hydrogens is 188 g/mol. The Bertz CT molecular complexity index is 373. The molecule has 0 atom stereocenters. The summed E-state index contributed by atoms with van der Waals surface area (Å²) in [4.78, 5) is 10.9. The zero-order valence-electron chi connectivity index (χ0n) is 10.0. The zero-order chi connectivity index (χ0) is 11.6. The highest BCUT2D eigenvalue weighted by atomic mass is 16.5. The average Bonchev–Trinajstić information content (AvgIpc) is 1.99. The van der Waals surface area contributed by atoms with Crippen LogP contribution < -0.4 is 4.74 Å². The Hall–Kier alpha value is -1.31. The minimum absolute atomic E-state index is 0.0704. The fraction of sp³-hybridized carbons (Fsp3) is 0.462. The van der Waals surface area contributed by atoms with Gasteiger partial charge in [-0.3, -0.25) is 4.79 Å². The van der Waals surface area contributed by atoms with Gasteiger partial charge in [0.05, 0.1) is 0 Å². The lowest BCUT2D eigenvalue weighted by molar-refractivity contribution is -0.131. The predicted octanol–water partition coefficient (Wildman–Crippen LogP) is 3.22. The predicted molar refractivity (Wildman–Crippen MR) is 61.2 cm³/mol. The van der Waals surface area contributed by atoms with Gasteiger partial charge in [0.1, 0.15) is 5.75 Å². The Labute approximate surface area is 91.3 Å². The Morgan fingerprint density at radius 2 is 1.80 bits per heavy atom. The van der Waals surface area contributed by atoms with E-state index in [1.54, 1.807) is 0 Å². The van der Waals surface area contributed by atoms with Gasteiger partial charge in [-0.15, -0.1) is 0 Å². The van der Waals surface area contributed by atoms with E-state index in [2.05, 4.69) is 26.8 Å². The highest BCUT2D eigenvalue weighted by Crippen LogP contribution is 2.27. The van der Waals surface area contributed by atoms with Crippen molar-refractivity contribution in [2.45, 2.75) is 40.0 Å². The molecule has 0 radical (unpaired) electrons. The molecule has 0 N–H and O–H groups in total. The fourth-order valence-corrected chi connectivity index (χ4v) is 1.41. The first kappa shape index (κ1) is 11.8. The van der Waals surface area contributed by atoms with Crippen molar-refractivity contribution in [3.05, 3.63) is 29.3 Å². The van der Waals surface area contributed by atoms with Gasteiger partial charge in [0, 0.05) is 6.92 Å². The van der Waals surface area contributed by atoms with Crippen LogP contribution in [0.25, 0.3) is 0 Å². The van der Waals surface area contributed by atoms with Crippen LogP contribution in [0.15, 0.2) is 18.2 Å². The third-order valence-corrected chi connectivity index (χ3v) is 2.18. The normalized spacial score (nSPS) is 11.3. The SMILES string of the molecule is CC(=O)Oc1cc(C)cc(C(C)(C)C)c1. The fourth-order valence-electron chi connectivity index (χ4n) is 1.41. The van der Waals surface area contributed by atoms with Crippen molar-refractivity contribution < 1.29 is 9.53 Å². The maximum atomic E-state index is 10.9. The third-order valence-electron chi connectivity index (χ3n) is 2.18. The minimum atomic E-state index is -0.277. The van der Waals surface area contributed by atoms with E-state index in [0.29, 0.717) is 5.75 Å². The number of ether oxygens (including phenoxy) is 1. The topological polar surface area (TPSA) is 26.3 Å². The summed E-state index contributed by atoms with van der Waals surface area (Å²) in [6, 6.07) is 5.91. The van der Waals surface area contributed by atoms with Gasteiger partial charge < -0.3 is 4.74 Å². The number of rotatable bonds is 1. The molecule has 2 nitrogen and oxygen atoms in total. The Balaban J connectivity index is 3.11. The van der Waals surface area contributed by atoms with Gasteiger partial charge in [-0.2, -0.15) is 0 Å². The van der Waals surface area contributed by atoms with Gasteiger partial charge in [-0.05, 0) is 35.6 Å². The van der Waals surface area contributed by atoms with Crippen LogP contribution in [0.2, 0.25) is 0 Å². The van der Waals surface area contributed by atoms with E-state index in [-0.39, 0.29) is 11.4 Å². The van der Waals surface area contributed by atoms with E-state index >= 15 is 0 Å². The first-order valence-corrected chi connectivity index (χ1v) is 5.09. The summed E-state index contributed by atoms with van der Waals surface area (Å²) in [6.07, 6.45) is 0. The molecule has 2 heteroatoms. The van der Waals surface area contributed by atoms with Crippen molar-refractivity contribution in [1.29, 1.82) is 0 Å². The molecule has 0 aliphatic heterocycles. The van der Waals surface area contributed by atoms with E-state index in [1.165, 1.54) is 12.5 Å². The molecule has 82 valence electrons. The molecule has 0 fully saturated rings. The minimum Gasteiger partial charge on any atom is -0.427 e. The second-order valence-electron chi connectivity index (χ2n) is 4.88. The van der Waals surface area contributed by atoms with Gasteiger partial charge in [-0.25, -0.2) is 0 Å². The number of carbonyl (C=O) groups excluding carboxylic acids is 1. The van der Waals surface area contributed by atoms with Crippen LogP contribution in [0.5, 0.6) is 5.75 Å². The molecule has 0 saturated heterocycles. The maximum Gasteiger partial charge on any atom is 0.308 e. The second-order valence-corrected chi connectivity index (χ2v) is 4.88. The van der Waals surface area contributed by atoms with Gasteiger partial charge in [0.25, 0.3) is 0 Å². The van der Waals surface area contributed by atoms with Crippen molar-refractivity contribution in [2.75, 3.05) is 0 Å². The molecule has 0 heterocycles. The lowest BCUT2D eigenvalue weighted by atomic mass is 9.86. The Kier molecular flexibility index (Phi) is 3.18. The Morgan fingerprint density at radius 1 is 1.20 bits per heavy atom. The number of carbonyl (C=O) groups is 1. The maximum absolute atomic E-state index is 10.9. The van der Waals surface area contributed by atoms with Crippen molar-refractivity contribution in [1.82, 2.24) is 0 Å². The summed E-state index contributed by atoms with van der Waals surface area (Å²) < 4.78 is 5.09. The van der Waals surface area contributed by atoms with E-state index < -0.39 is 0 Å². The number of hydrogen-bond acceptors (Lipinski definition) is 2. The quantitative estimate of drug-likeness (QED) is 0.521. The second kappa shape index (κ2) is 4.05. The lowest BCUT2D eigenvalue weighted by Crippen LogP contribution is -2.12. The molecular formula is C13H18O2. The molecule has 0 spiro atoms.